The van der Waals surface area contributed by atoms with Gasteiger partial charge in [-0.05, 0) is 32.9 Å². The Labute approximate surface area is 90.4 Å². The molecule has 0 aliphatic carbocycles. The van der Waals surface area contributed by atoms with Crippen LogP contribution in [-0.4, -0.2) is 37.4 Å². The number of rotatable bonds is 2. The first kappa shape index (κ1) is 10.9. The lowest BCUT2D eigenvalue weighted by atomic mass is 10.1. The quantitative estimate of drug-likeness (QED) is 0.479. The second-order valence-electron chi connectivity index (χ2n) is 4.46. The topological polar surface area (TPSA) is 65.2 Å². The van der Waals surface area contributed by atoms with E-state index in [1.807, 2.05) is 6.92 Å². The number of carbonyl (C=O) groups is 1. The van der Waals surface area contributed by atoms with Crippen LogP contribution in [0.4, 0.5) is 0 Å². The van der Waals surface area contributed by atoms with Crippen molar-refractivity contribution < 1.29 is 4.79 Å². The maximum absolute atomic E-state index is 11.3. The Hall–Kier alpha value is -0.650. The average molecular weight is 212 g/mol. The van der Waals surface area contributed by atoms with Gasteiger partial charge in [-0.1, -0.05) is 0 Å². The summed E-state index contributed by atoms with van der Waals surface area (Å²) in [6, 6.07) is 0.771. The maximum Gasteiger partial charge on any atom is 0.223 e. The molecule has 4 N–H and O–H groups in total. The van der Waals surface area contributed by atoms with Gasteiger partial charge in [-0.15, -0.1) is 0 Å². The van der Waals surface area contributed by atoms with Crippen molar-refractivity contribution in [2.45, 2.75) is 44.6 Å². The van der Waals surface area contributed by atoms with E-state index >= 15 is 0 Å². The molecule has 0 aromatic rings. The molecule has 2 unspecified atom stereocenters. The zero-order valence-corrected chi connectivity index (χ0v) is 9.18. The van der Waals surface area contributed by atoms with Gasteiger partial charge < -0.3 is 10.6 Å². The summed E-state index contributed by atoms with van der Waals surface area (Å²) in [6.45, 7) is 4.16. The molecular formula is C10H20N4O. The summed E-state index contributed by atoms with van der Waals surface area (Å²) in [6.07, 6.45) is 2.78. The average Bonchev–Trinajstić information content (AvgIpc) is 2.17. The summed E-state index contributed by atoms with van der Waals surface area (Å²) >= 11 is 0. The van der Waals surface area contributed by atoms with Crippen LogP contribution in [0.25, 0.3) is 0 Å². The minimum atomic E-state index is -0.0515. The number of carbonyl (C=O) groups excluding carboxylic acids is 1. The molecule has 2 heterocycles. The molecule has 0 aromatic heterocycles. The van der Waals surface area contributed by atoms with E-state index in [4.69, 9.17) is 0 Å². The Morgan fingerprint density at radius 1 is 1.33 bits per heavy atom. The largest absolute Gasteiger partial charge is 0.328 e. The van der Waals surface area contributed by atoms with E-state index in [0.29, 0.717) is 12.5 Å². The number of hydrogen-bond donors (Lipinski definition) is 4. The number of piperidine rings is 1. The minimum absolute atomic E-state index is 0.0515. The smallest absolute Gasteiger partial charge is 0.223 e. The molecule has 5 heteroatoms. The summed E-state index contributed by atoms with van der Waals surface area (Å²) in [5, 5.41) is 13.0. The van der Waals surface area contributed by atoms with Gasteiger partial charge in [-0.2, -0.15) is 0 Å². The van der Waals surface area contributed by atoms with Crippen LogP contribution >= 0.6 is 0 Å². The lowest BCUT2D eigenvalue weighted by molar-refractivity contribution is -0.124. The predicted octanol–water partition coefficient (Wildman–Crippen LogP) is -0.890. The fourth-order valence-corrected chi connectivity index (χ4v) is 2.20. The molecule has 2 fully saturated rings. The molecule has 86 valence electrons. The van der Waals surface area contributed by atoms with Crippen LogP contribution in [0.5, 0.6) is 0 Å². The van der Waals surface area contributed by atoms with Crippen LogP contribution in [0.3, 0.4) is 0 Å². The highest BCUT2D eigenvalue weighted by Crippen LogP contribution is 2.04. The lowest BCUT2D eigenvalue weighted by Gasteiger charge is -2.34. The van der Waals surface area contributed by atoms with Crippen molar-refractivity contribution in [3.05, 3.63) is 0 Å². The number of hydrogen-bond acceptors (Lipinski definition) is 4. The second-order valence-corrected chi connectivity index (χ2v) is 4.46. The van der Waals surface area contributed by atoms with Crippen LogP contribution in [0.15, 0.2) is 0 Å². The molecule has 1 amide bonds. The Balaban J connectivity index is 1.79. The van der Waals surface area contributed by atoms with Gasteiger partial charge in [0.25, 0.3) is 0 Å². The second kappa shape index (κ2) is 4.92. The molecule has 0 saturated carbocycles. The third-order valence-electron chi connectivity index (χ3n) is 2.99. The molecule has 2 rings (SSSR count). The van der Waals surface area contributed by atoms with Crippen molar-refractivity contribution in [1.29, 1.82) is 0 Å². The first-order chi connectivity index (χ1) is 7.24. The van der Waals surface area contributed by atoms with E-state index in [9.17, 15) is 4.79 Å². The van der Waals surface area contributed by atoms with Gasteiger partial charge in [0.2, 0.25) is 5.91 Å². The molecule has 15 heavy (non-hydrogen) atoms. The van der Waals surface area contributed by atoms with Crippen molar-refractivity contribution in [2.24, 2.45) is 0 Å². The number of amides is 1. The fraction of sp³-hybridized carbons (Fsp3) is 0.900. The van der Waals surface area contributed by atoms with Crippen molar-refractivity contribution in [2.75, 3.05) is 13.1 Å². The van der Waals surface area contributed by atoms with Crippen LogP contribution in [-0.2, 0) is 4.79 Å². The molecule has 0 spiro atoms. The summed E-state index contributed by atoms with van der Waals surface area (Å²) in [4.78, 5) is 11.3. The molecule has 0 radical (unpaired) electrons. The lowest BCUT2D eigenvalue weighted by Crippen LogP contribution is -2.64. The van der Waals surface area contributed by atoms with Gasteiger partial charge in [0.15, 0.2) is 0 Å². The Morgan fingerprint density at radius 2 is 2.07 bits per heavy atom. The summed E-state index contributed by atoms with van der Waals surface area (Å²) in [5.74, 6) is 0.132. The molecule has 5 nitrogen and oxygen atoms in total. The molecule has 0 bridgehead atoms. The highest BCUT2D eigenvalue weighted by molar-refractivity contribution is 5.77. The third-order valence-corrected chi connectivity index (χ3v) is 2.99. The standard InChI is InChI=1S/C10H20N4O/c1-7-6-9(15)14-10(12-7)13-8-2-4-11-5-3-8/h7-8,10-13H,2-6H2,1H3,(H,14,15). The van der Waals surface area contributed by atoms with Gasteiger partial charge in [0.1, 0.15) is 6.29 Å². The molecule has 2 aliphatic rings. The molecule has 2 atom stereocenters. The van der Waals surface area contributed by atoms with E-state index in [-0.39, 0.29) is 18.2 Å². The van der Waals surface area contributed by atoms with Crippen molar-refractivity contribution in [3.8, 4) is 0 Å². The van der Waals surface area contributed by atoms with Crippen LogP contribution in [0.2, 0.25) is 0 Å². The molecule has 0 aromatic carbocycles. The summed E-state index contributed by atoms with van der Waals surface area (Å²) in [7, 11) is 0. The first-order valence-electron chi connectivity index (χ1n) is 5.76. The van der Waals surface area contributed by atoms with Gasteiger partial charge >= 0.3 is 0 Å². The van der Waals surface area contributed by atoms with Gasteiger partial charge in [0.05, 0.1) is 0 Å². The van der Waals surface area contributed by atoms with Crippen LogP contribution < -0.4 is 21.3 Å². The van der Waals surface area contributed by atoms with Gasteiger partial charge in [-0.25, -0.2) is 0 Å². The SMILES string of the molecule is CC1CC(=O)NC(NC2CCNCC2)N1. The number of nitrogens with one attached hydrogen (secondary N) is 4. The fourth-order valence-electron chi connectivity index (χ4n) is 2.20. The van der Waals surface area contributed by atoms with Crippen LogP contribution in [0.1, 0.15) is 26.2 Å². The van der Waals surface area contributed by atoms with E-state index in [1.54, 1.807) is 0 Å². The molecular weight excluding hydrogens is 192 g/mol. The van der Waals surface area contributed by atoms with Gasteiger partial charge in [0, 0.05) is 18.5 Å². The normalized spacial score (nSPS) is 33.8. The van der Waals surface area contributed by atoms with Gasteiger partial charge in [-0.3, -0.25) is 15.4 Å². The summed E-state index contributed by atoms with van der Waals surface area (Å²) < 4.78 is 0. The third kappa shape index (κ3) is 3.15. The van der Waals surface area contributed by atoms with Crippen LogP contribution in [0, 0.1) is 0 Å². The zero-order valence-electron chi connectivity index (χ0n) is 9.18. The maximum atomic E-state index is 11.3. The first-order valence-corrected chi connectivity index (χ1v) is 5.76. The zero-order chi connectivity index (χ0) is 10.7. The Morgan fingerprint density at radius 3 is 2.73 bits per heavy atom. The van der Waals surface area contributed by atoms with E-state index in [0.717, 1.165) is 25.9 Å². The van der Waals surface area contributed by atoms with E-state index in [2.05, 4.69) is 21.3 Å². The predicted molar refractivity (Wildman–Crippen MR) is 58.2 cm³/mol. The van der Waals surface area contributed by atoms with E-state index < -0.39 is 0 Å². The Bertz CT molecular complexity index is 227. The highest BCUT2D eigenvalue weighted by atomic mass is 16.2. The Kier molecular flexibility index (Phi) is 3.56. The monoisotopic (exact) mass is 212 g/mol. The van der Waals surface area contributed by atoms with E-state index in [1.165, 1.54) is 0 Å². The van der Waals surface area contributed by atoms with Crippen molar-refractivity contribution in [1.82, 2.24) is 21.3 Å². The minimum Gasteiger partial charge on any atom is -0.328 e. The van der Waals surface area contributed by atoms with Crippen molar-refractivity contribution in [3.63, 3.8) is 0 Å². The van der Waals surface area contributed by atoms with Crippen molar-refractivity contribution >= 4 is 5.91 Å². The summed E-state index contributed by atoms with van der Waals surface area (Å²) in [5.41, 5.74) is 0. The molecule has 2 aliphatic heterocycles. The highest BCUT2D eigenvalue weighted by Gasteiger charge is 2.24. The molecule has 2 saturated heterocycles.